The molecule has 0 aliphatic carbocycles. The molecule has 0 saturated carbocycles. The summed E-state index contributed by atoms with van der Waals surface area (Å²) in [5, 5.41) is 112. The van der Waals surface area contributed by atoms with Gasteiger partial charge in [0.15, 0.2) is 52.5 Å². The Bertz CT molecular complexity index is 1730. The van der Waals surface area contributed by atoms with Crippen molar-refractivity contribution in [3.8, 4) is 62.9 Å². The van der Waals surface area contributed by atoms with E-state index in [0.29, 0.717) is 24.3 Å². The Kier molecular flexibility index (Phi) is 7.49. The number of aliphatic hydroxyl groups is 2. The Labute approximate surface area is 248 Å². The molecule has 5 atom stereocenters. The average molecular weight is 634 g/mol. The molecular formula is C27H22O18. The van der Waals surface area contributed by atoms with E-state index in [2.05, 4.69) is 0 Å². The summed E-state index contributed by atoms with van der Waals surface area (Å²) in [6.45, 7) is -1.04. The number of phenols is 9. The molecule has 2 aliphatic rings. The highest BCUT2D eigenvalue weighted by molar-refractivity contribution is 6.08. The summed E-state index contributed by atoms with van der Waals surface area (Å²) >= 11 is 0. The number of aliphatic hydroxyl groups excluding tert-OH is 2. The quantitative estimate of drug-likeness (QED) is 0.100. The zero-order valence-electron chi connectivity index (χ0n) is 22.2. The van der Waals surface area contributed by atoms with Crippen LogP contribution >= 0.6 is 0 Å². The van der Waals surface area contributed by atoms with Gasteiger partial charge in [0.25, 0.3) is 0 Å². The van der Waals surface area contributed by atoms with Crippen LogP contribution in [0.3, 0.4) is 0 Å². The smallest absolute Gasteiger partial charge is 0.340 e. The molecule has 5 rings (SSSR count). The zero-order valence-corrected chi connectivity index (χ0v) is 22.2. The number of benzene rings is 3. The van der Waals surface area contributed by atoms with Gasteiger partial charge in [0, 0.05) is 11.1 Å². The molecule has 11 N–H and O–H groups in total. The van der Waals surface area contributed by atoms with Crippen LogP contribution in [0.2, 0.25) is 0 Å². The SMILES string of the molecule is O=C(OC1O[C@H](CO)C2OC(=O)c3cc(O)c(O)c(O)c3-c3c(cc(O)c(O)c3O)C(=O)O[C@@H]1C2O)c1cc(O)c(O)c(O)c1. The summed E-state index contributed by atoms with van der Waals surface area (Å²) in [6, 6.07) is 2.40. The fourth-order valence-corrected chi connectivity index (χ4v) is 4.79. The van der Waals surface area contributed by atoms with Gasteiger partial charge in [-0.1, -0.05) is 0 Å². The predicted molar refractivity (Wildman–Crippen MR) is 139 cm³/mol. The minimum absolute atomic E-state index is 0.510. The van der Waals surface area contributed by atoms with E-state index in [-0.39, 0.29) is 0 Å². The van der Waals surface area contributed by atoms with Gasteiger partial charge in [-0.2, -0.15) is 0 Å². The van der Waals surface area contributed by atoms with E-state index in [1.165, 1.54) is 0 Å². The summed E-state index contributed by atoms with van der Waals surface area (Å²) in [5.74, 6) is -14.8. The summed E-state index contributed by atoms with van der Waals surface area (Å²) in [5.41, 5.74) is -4.24. The first-order valence-electron chi connectivity index (χ1n) is 12.5. The number of phenolic OH excluding ortho intramolecular Hbond substituents is 9. The second-order valence-electron chi connectivity index (χ2n) is 9.76. The lowest BCUT2D eigenvalue weighted by Gasteiger charge is -2.42. The molecule has 0 amide bonds. The molecule has 1 fully saturated rings. The molecule has 18 heteroatoms. The van der Waals surface area contributed by atoms with Crippen LogP contribution in [0.1, 0.15) is 31.1 Å². The number of fused-ring (bicyclic) bond motifs is 5. The molecule has 3 aromatic carbocycles. The topological polar surface area (TPSA) is 311 Å². The van der Waals surface area contributed by atoms with E-state index < -0.39 is 135 Å². The average Bonchev–Trinajstić information content (AvgIpc) is 3.00. The normalized spacial score (nSPS) is 22.7. The van der Waals surface area contributed by atoms with Gasteiger partial charge < -0.3 is 75.1 Å². The third-order valence-corrected chi connectivity index (χ3v) is 7.01. The lowest BCUT2D eigenvalue weighted by Crippen LogP contribution is -2.61. The minimum Gasteiger partial charge on any atom is -0.504 e. The second-order valence-corrected chi connectivity index (χ2v) is 9.76. The maximum absolute atomic E-state index is 13.5. The summed E-state index contributed by atoms with van der Waals surface area (Å²) in [6.07, 6.45) is -10.2. The number of carbonyl (C=O) groups excluding carboxylic acids is 3. The van der Waals surface area contributed by atoms with E-state index in [9.17, 15) is 70.6 Å². The standard InChI is InChI=1S/C27H22O18/c28-5-13-22-21(38)23(27(42-13)45-24(39)6-1-9(29)16(33)10(30)2-6)44-26(41)8-4-12(32)18(35)20(37)15(8)14-7(25(40)43-22)3-11(31)17(34)19(14)36/h1-4,13,21-23,27-38H,5H2/t13-,21?,22?,23-,27?/m1/s1. The summed E-state index contributed by atoms with van der Waals surface area (Å²) < 4.78 is 21.2. The van der Waals surface area contributed by atoms with Crippen LogP contribution in [0.25, 0.3) is 11.1 Å². The Hall–Kier alpha value is -5.85. The third-order valence-electron chi connectivity index (χ3n) is 7.01. The van der Waals surface area contributed by atoms with Crippen molar-refractivity contribution in [2.45, 2.75) is 30.7 Å². The molecule has 2 aliphatic heterocycles. The van der Waals surface area contributed by atoms with Crippen molar-refractivity contribution in [2.24, 2.45) is 0 Å². The highest BCUT2D eigenvalue weighted by atomic mass is 16.7. The molecule has 3 aromatic rings. The molecule has 0 spiro atoms. The van der Waals surface area contributed by atoms with Gasteiger partial charge in [-0.3, -0.25) is 0 Å². The van der Waals surface area contributed by atoms with Gasteiger partial charge in [-0.15, -0.1) is 0 Å². The van der Waals surface area contributed by atoms with Gasteiger partial charge in [-0.05, 0) is 24.3 Å². The van der Waals surface area contributed by atoms with Crippen molar-refractivity contribution in [1.29, 1.82) is 0 Å². The molecule has 0 radical (unpaired) electrons. The van der Waals surface area contributed by atoms with E-state index >= 15 is 0 Å². The van der Waals surface area contributed by atoms with Gasteiger partial charge in [0.05, 0.1) is 23.3 Å². The largest absolute Gasteiger partial charge is 0.504 e. The number of esters is 3. The van der Waals surface area contributed by atoms with Gasteiger partial charge >= 0.3 is 17.9 Å². The van der Waals surface area contributed by atoms with Crippen LogP contribution in [0.15, 0.2) is 24.3 Å². The monoisotopic (exact) mass is 634 g/mol. The van der Waals surface area contributed by atoms with E-state index in [1.54, 1.807) is 0 Å². The number of ether oxygens (including phenoxy) is 4. The molecule has 45 heavy (non-hydrogen) atoms. The summed E-state index contributed by atoms with van der Waals surface area (Å²) in [7, 11) is 0. The van der Waals surface area contributed by atoms with E-state index in [4.69, 9.17) is 18.9 Å². The van der Waals surface area contributed by atoms with Gasteiger partial charge in [0.1, 0.15) is 12.2 Å². The Morgan fingerprint density at radius 3 is 1.58 bits per heavy atom. The second kappa shape index (κ2) is 11.0. The van der Waals surface area contributed by atoms with Crippen molar-refractivity contribution in [3.63, 3.8) is 0 Å². The number of hydrogen-bond acceptors (Lipinski definition) is 18. The fourth-order valence-electron chi connectivity index (χ4n) is 4.79. The van der Waals surface area contributed by atoms with Crippen molar-refractivity contribution >= 4 is 17.9 Å². The van der Waals surface area contributed by atoms with Gasteiger partial charge in [-0.25, -0.2) is 14.4 Å². The first-order chi connectivity index (χ1) is 21.2. The van der Waals surface area contributed by atoms with Crippen molar-refractivity contribution in [2.75, 3.05) is 6.61 Å². The molecule has 2 bridgehead atoms. The lowest BCUT2D eigenvalue weighted by atomic mass is 9.92. The lowest BCUT2D eigenvalue weighted by molar-refractivity contribution is -0.283. The number of aromatic hydroxyl groups is 9. The van der Waals surface area contributed by atoms with Crippen molar-refractivity contribution < 1.29 is 89.5 Å². The maximum atomic E-state index is 13.5. The first kappa shape index (κ1) is 30.6. The number of rotatable bonds is 3. The zero-order chi connectivity index (χ0) is 33.1. The van der Waals surface area contributed by atoms with Crippen LogP contribution in [-0.4, -0.2) is 111 Å². The fraction of sp³-hybridized carbons (Fsp3) is 0.222. The number of carbonyl (C=O) groups is 3. The van der Waals surface area contributed by atoms with Crippen LogP contribution in [0.5, 0.6) is 51.7 Å². The maximum Gasteiger partial charge on any atom is 0.340 e. The predicted octanol–water partition coefficient (Wildman–Crippen LogP) is -0.297. The summed E-state index contributed by atoms with van der Waals surface area (Å²) in [4.78, 5) is 39.8. The molecule has 3 unspecified atom stereocenters. The molecule has 238 valence electrons. The van der Waals surface area contributed by atoms with Crippen LogP contribution in [-0.2, 0) is 18.9 Å². The van der Waals surface area contributed by atoms with Crippen LogP contribution in [0, 0.1) is 0 Å². The molecule has 1 saturated heterocycles. The van der Waals surface area contributed by atoms with E-state index in [0.717, 1.165) is 0 Å². The van der Waals surface area contributed by atoms with Crippen LogP contribution < -0.4 is 0 Å². The highest BCUT2D eigenvalue weighted by Gasteiger charge is 2.52. The Morgan fingerprint density at radius 1 is 0.667 bits per heavy atom. The third kappa shape index (κ3) is 4.97. The highest BCUT2D eigenvalue weighted by Crippen LogP contribution is 2.53. The van der Waals surface area contributed by atoms with Gasteiger partial charge in [0.2, 0.25) is 17.8 Å². The van der Waals surface area contributed by atoms with Crippen molar-refractivity contribution in [1.82, 2.24) is 0 Å². The Balaban J connectivity index is 1.67. The molecular weight excluding hydrogens is 612 g/mol. The Morgan fingerprint density at radius 2 is 1.11 bits per heavy atom. The molecule has 0 aromatic heterocycles. The number of hydrogen-bond donors (Lipinski definition) is 11. The molecule has 18 nitrogen and oxygen atoms in total. The molecule has 2 heterocycles. The van der Waals surface area contributed by atoms with E-state index in [1.807, 2.05) is 0 Å². The minimum atomic E-state index is -2.19. The van der Waals surface area contributed by atoms with Crippen molar-refractivity contribution in [3.05, 3.63) is 41.0 Å². The first-order valence-corrected chi connectivity index (χ1v) is 12.5. The van der Waals surface area contributed by atoms with Crippen LogP contribution in [0.4, 0.5) is 0 Å².